The minimum atomic E-state index is 0.110. The number of amides is 2. The molecule has 2 fully saturated rings. The van der Waals surface area contributed by atoms with Gasteiger partial charge in [0.15, 0.2) is 0 Å². The summed E-state index contributed by atoms with van der Waals surface area (Å²) in [6, 6.07) is 0.169. The highest BCUT2D eigenvalue weighted by molar-refractivity contribution is 5.77. The number of methoxy groups -OCH3 is 1. The van der Waals surface area contributed by atoms with Gasteiger partial charge in [0.1, 0.15) is 0 Å². The molecule has 2 atom stereocenters. The van der Waals surface area contributed by atoms with Gasteiger partial charge in [0.2, 0.25) is 29.7 Å². The Bertz CT molecular complexity index is 754. The number of carbonyl (C=O) groups excluding carboxylic acids is 2. The first-order valence-electron chi connectivity index (χ1n) is 11.0. The first-order chi connectivity index (χ1) is 15.0. The molecule has 31 heavy (non-hydrogen) atoms. The third kappa shape index (κ3) is 6.39. The Morgan fingerprint density at radius 3 is 2.65 bits per heavy atom. The summed E-state index contributed by atoms with van der Waals surface area (Å²) in [5.74, 6) is 2.07. The van der Waals surface area contributed by atoms with E-state index in [1.807, 2.05) is 4.90 Å². The molecule has 2 aliphatic rings. The van der Waals surface area contributed by atoms with Gasteiger partial charge in [-0.05, 0) is 18.8 Å². The fourth-order valence-corrected chi connectivity index (χ4v) is 3.86. The van der Waals surface area contributed by atoms with Crippen LogP contribution < -0.4 is 20.9 Å². The lowest BCUT2D eigenvalue weighted by atomic mass is 9.93. The number of rotatable bonds is 9. The molecular weight excluding hydrogens is 400 g/mol. The molecule has 11 heteroatoms. The maximum absolute atomic E-state index is 12.2. The lowest BCUT2D eigenvalue weighted by Gasteiger charge is -2.35. The van der Waals surface area contributed by atoms with Gasteiger partial charge < -0.3 is 30.5 Å². The average Bonchev–Trinajstić information content (AvgIpc) is 2.80. The van der Waals surface area contributed by atoms with Crippen molar-refractivity contribution in [1.82, 2.24) is 25.2 Å². The number of ether oxygens (including phenoxy) is 1. The van der Waals surface area contributed by atoms with E-state index in [0.717, 1.165) is 12.8 Å². The normalized spacial score (nSPS) is 20.2. The van der Waals surface area contributed by atoms with E-state index in [2.05, 4.69) is 42.7 Å². The number of nitrogens with one attached hydrogen (secondary N) is 3. The average molecular weight is 435 g/mol. The molecule has 3 N–H and O–H groups in total. The second kappa shape index (κ2) is 11.1. The Morgan fingerprint density at radius 2 is 1.97 bits per heavy atom. The highest BCUT2D eigenvalue weighted by Gasteiger charge is 2.25. The quantitative estimate of drug-likeness (QED) is 0.504. The van der Waals surface area contributed by atoms with Crippen molar-refractivity contribution >= 4 is 29.7 Å². The molecule has 0 spiro atoms. The van der Waals surface area contributed by atoms with Gasteiger partial charge in [-0.1, -0.05) is 6.92 Å². The molecule has 172 valence electrons. The lowest BCUT2D eigenvalue weighted by Crippen LogP contribution is -2.49. The Hall–Kier alpha value is -2.69. The fraction of sp³-hybridized carbons (Fsp3) is 0.750. The van der Waals surface area contributed by atoms with E-state index in [4.69, 9.17) is 4.74 Å². The zero-order chi connectivity index (χ0) is 22.2. The lowest BCUT2D eigenvalue weighted by molar-refractivity contribution is -0.132. The highest BCUT2D eigenvalue weighted by atomic mass is 16.5. The van der Waals surface area contributed by atoms with Crippen molar-refractivity contribution in [2.45, 2.75) is 38.6 Å². The summed E-state index contributed by atoms with van der Waals surface area (Å²) in [6.45, 7) is 5.79. The predicted molar refractivity (Wildman–Crippen MR) is 118 cm³/mol. The maximum atomic E-state index is 12.2. The summed E-state index contributed by atoms with van der Waals surface area (Å²) in [7, 11) is 3.37. The van der Waals surface area contributed by atoms with Gasteiger partial charge in [0, 0.05) is 59.3 Å². The third-order valence-corrected chi connectivity index (χ3v) is 5.82. The van der Waals surface area contributed by atoms with E-state index < -0.39 is 0 Å². The molecule has 2 saturated heterocycles. The van der Waals surface area contributed by atoms with Crippen LogP contribution in [-0.4, -0.2) is 91.2 Å². The second-order valence-electron chi connectivity index (χ2n) is 8.07. The summed E-state index contributed by atoms with van der Waals surface area (Å²) < 4.78 is 5.00. The molecule has 0 bridgehead atoms. The molecule has 1 aromatic heterocycles. The van der Waals surface area contributed by atoms with Crippen molar-refractivity contribution in [3.05, 3.63) is 0 Å². The minimum absolute atomic E-state index is 0.110. The van der Waals surface area contributed by atoms with Gasteiger partial charge in [-0.3, -0.25) is 9.59 Å². The van der Waals surface area contributed by atoms with E-state index in [1.54, 1.807) is 14.2 Å². The van der Waals surface area contributed by atoms with Gasteiger partial charge in [-0.2, -0.15) is 15.0 Å². The van der Waals surface area contributed by atoms with E-state index >= 15 is 0 Å². The number of hydrogen-bond acceptors (Lipinski definition) is 9. The maximum Gasteiger partial charge on any atom is 0.232 e. The fourth-order valence-electron chi connectivity index (χ4n) is 3.86. The zero-order valence-corrected chi connectivity index (χ0v) is 18.7. The standard InChI is InChI=1S/C20H34N8O3/c1-14(15-5-4-6-16(29)23-15)13-22-19-24-18(21-2)25-20(26-19)28-10-8-27(9-11-28)17(30)7-12-31-3/h14-15H,4-13H2,1-3H3,(H,23,29)(H2,21,22,24,25,26). The van der Waals surface area contributed by atoms with Crippen LogP contribution in [0.15, 0.2) is 0 Å². The van der Waals surface area contributed by atoms with Crippen LogP contribution in [0, 0.1) is 5.92 Å². The number of aromatic nitrogens is 3. The zero-order valence-electron chi connectivity index (χ0n) is 18.7. The molecule has 3 heterocycles. The van der Waals surface area contributed by atoms with E-state index in [9.17, 15) is 9.59 Å². The number of carbonyl (C=O) groups is 2. The molecule has 0 aliphatic carbocycles. The monoisotopic (exact) mass is 434 g/mol. The predicted octanol–water partition coefficient (Wildman–Crippen LogP) is 0.315. The van der Waals surface area contributed by atoms with Crippen LogP contribution in [0.4, 0.5) is 17.8 Å². The second-order valence-corrected chi connectivity index (χ2v) is 8.07. The molecule has 2 unspecified atom stereocenters. The number of piperidine rings is 1. The molecule has 3 rings (SSSR count). The van der Waals surface area contributed by atoms with Gasteiger partial charge in [-0.25, -0.2) is 0 Å². The third-order valence-electron chi connectivity index (χ3n) is 5.82. The SMILES string of the molecule is CNc1nc(NCC(C)C2CCCC(=O)N2)nc(N2CCN(C(=O)CCOC)CC2)n1. The Balaban J connectivity index is 1.58. The molecule has 11 nitrogen and oxygen atoms in total. The van der Waals surface area contributed by atoms with Gasteiger partial charge in [0.05, 0.1) is 13.0 Å². The van der Waals surface area contributed by atoms with Crippen molar-refractivity contribution in [2.75, 3.05) is 69.0 Å². The van der Waals surface area contributed by atoms with Gasteiger partial charge in [-0.15, -0.1) is 0 Å². The first kappa shape index (κ1) is 23.0. The van der Waals surface area contributed by atoms with E-state index in [-0.39, 0.29) is 23.8 Å². The Morgan fingerprint density at radius 1 is 1.23 bits per heavy atom. The summed E-state index contributed by atoms with van der Waals surface area (Å²) in [5, 5.41) is 9.36. The molecule has 0 saturated carbocycles. The van der Waals surface area contributed by atoms with Crippen LogP contribution in [0.25, 0.3) is 0 Å². The summed E-state index contributed by atoms with van der Waals surface area (Å²) in [5.41, 5.74) is 0. The van der Waals surface area contributed by atoms with Crippen molar-refractivity contribution in [1.29, 1.82) is 0 Å². The molecule has 2 aliphatic heterocycles. The molecule has 2 amide bonds. The first-order valence-corrected chi connectivity index (χ1v) is 11.0. The summed E-state index contributed by atoms with van der Waals surface area (Å²) >= 11 is 0. The van der Waals surface area contributed by atoms with Crippen molar-refractivity contribution < 1.29 is 14.3 Å². The minimum Gasteiger partial charge on any atom is -0.384 e. The number of nitrogens with zero attached hydrogens (tertiary/aromatic N) is 5. The van der Waals surface area contributed by atoms with E-state index in [1.165, 1.54) is 0 Å². The van der Waals surface area contributed by atoms with Crippen molar-refractivity contribution in [3.63, 3.8) is 0 Å². The number of piperazine rings is 1. The highest BCUT2D eigenvalue weighted by Crippen LogP contribution is 2.19. The summed E-state index contributed by atoms with van der Waals surface area (Å²) in [6.07, 6.45) is 2.94. The van der Waals surface area contributed by atoms with Crippen molar-refractivity contribution in [2.24, 2.45) is 5.92 Å². The van der Waals surface area contributed by atoms with Crippen LogP contribution in [0.1, 0.15) is 32.6 Å². The smallest absolute Gasteiger partial charge is 0.232 e. The molecule has 1 aromatic rings. The Kier molecular flexibility index (Phi) is 8.21. The van der Waals surface area contributed by atoms with Gasteiger partial charge >= 0.3 is 0 Å². The summed E-state index contributed by atoms with van der Waals surface area (Å²) in [4.78, 5) is 41.3. The largest absolute Gasteiger partial charge is 0.384 e. The topological polar surface area (TPSA) is 125 Å². The molecule has 0 radical (unpaired) electrons. The molecular formula is C20H34N8O3. The van der Waals surface area contributed by atoms with Gasteiger partial charge in [0.25, 0.3) is 0 Å². The van der Waals surface area contributed by atoms with Crippen LogP contribution in [0.2, 0.25) is 0 Å². The van der Waals surface area contributed by atoms with Crippen LogP contribution in [0.5, 0.6) is 0 Å². The van der Waals surface area contributed by atoms with Crippen LogP contribution >= 0.6 is 0 Å². The Labute approximate surface area is 183 Å². The number of anilines is 3. The van der Waals surface area contributed by atoms with Crippen LogP contribution in [0.3, 0.4) is 0 Å². The van der Waals surface area contributed by atoms with Crippen LogP contribution in [-0.2, 0) is 14.3 Å². The van der Waals surface area contributed by atoms with Crippen molar-refractivity contribution in [3.8, 4) is 0 Å². The molecule has 0 aromatic carbocycles. The number of hydrogen-bond donors (Lipinski definition) is 3. The van der Waals surface area contributed by atoms with E-state index in [0.29, 0.717) is 70.0 Å².